The summed E-state index contributed by atoms with van der Waals surface area (Å²) in [7, 11) is 3.03. The summed E-state index contributed by atoms with van der Waals surface area (Å²) < 4.78 is 10.8. The summed E-state index contributed by atoms with van der Waals surface area (Å²) >= 11 is 0. The molecule has 6 nitrogen and oxygen atoms in total. The lowest BCUT2D eigenvalue weighted by atomic mass is 9.87. The fourth-order valence-corrected chi connectivity index (χ4v) is 3.91. The van der Waals surface area contributed by atoms with Crippen molar-refractivity contribution in [1.82, 2.24) is 5.32 Å². The Balaban J connectivity index is 1.60. The highest BCUT2D eigenvalue weighted by molar-refractivity contribution is 6.00. The molecular weight excluding hydrogens is 368 g/mol. The van der Waals surface area contributed by atoms with Crippen molar-refractivity contribution in [3.63, 3.8) is 0 Å². The summed E-state index contributed by atoms with van der Waals surface area (Å²) in [5.41, 5.74) is 3.35. The lowest BCUT2D eigenvalue weighted by Crippen LogP contribution is -2.31. The number of methoxy groups -OCH3 is 2. The Bertz CT molecular complexity index is 936. The smallest absolute Gasteiger partial charge is 0.251 e. The summed E-state index contributed by atoms with van der Waals surface area (Å²) in [4.78, 5) is 25.3. The van der Waals surface area contributed by atoms with E-state index in [0.29, 0.717) is 22.7 Å². The van der Waals surface area contributed by atoms with Gasteiger partial charge in [0.15, 0.2) is 11.5 Å². The third-order valence-corrected chi connectivity index (χ3v) is 5.62. The summed E-state index contributed by atoms with van der Waals surface area (Å²) in [6.07, 6.45) is 4.77. The van der Waals surface area contributed by atoms with Gasteiger partial charge in [-0.15, -0.1) is 0 Å². The van der Waals surface area contributed by atoms with Gasteiger partial charge < -0.3 is 20.1 Å². The summed E-state index contributed by atoms with van der Waals surface area (Å²) in [5.74, 6) is 0.622. The number of hydrogen-bond acceptors (Lipinski definition) is 4. The number of fused-ring (bicyclic) bond motifs is 1. The van der Waals surface area contributed by atoms with Crippen LogP contribution in [-0.2, 0) is 11.2 Å². The molecule has 29 heavy (non-hydrogen) atoms. The molecule has 1 atom stereocenters. The second-order valence-electron chi connectivity index (χ2n) is 7.64. The molecule has 0 saturated heterocycles. The Morgan fingerprint density at radius 2 is 1.83 bits per heavy atom. The number of rotatable bonds is 6. The van der Waals surface area contributed by atoms with Gasteiger partial charge in [0.05, 0.1) is 25.9 Å². The fourth-order valence-electron chi connectivity index (χ4n) is 3.91. The summed E-state index contributed by atoms with van der Waals surface area (Å²) in [6, 6.07) is 11.5. The molecule has 2 amide bonds. The first-order chi connectivity index (χ1) is 14.1. The standard InChI is InChI=1S/C23H26N2O4/c1-28-20-13-16(12-19(21(20)29-2)25-22(26)15-10-11-15)23(27)24-18-9-5-7-14-6-3-4-8-17(14)18/h3-4,6,8,12-13,15,18H,5,7,9-11H2,1-2H3,(H,24,27)(H,25,26). The predicted octanol–water partition coefficient (Wildman–Crippen LogP) is 3.86. The SMILES string of the molecule is COc1cc(C(=O)NC2CCCc3ccccc32)cc(NC(=O)C2CC2)c1OC. The highest BCUT2D eigenvalue weighted by Crippen LogP contribution is 2.39. The number of ether oxygens (including phenoxy) is 2. The average molecular weight is 394 g/mol. The highest BCUT2D eigenvalue weighted by Gasteiger charge is 2.31. The fraction of sp³-hybridized carbons (Fsp3) is 0.391. The van der Waals surface area contributed by atoms with Gasteiger partial charge in [0.2, 0.25) is 5.91 Å². The monoisotopic (exact) mass is 394 g/mol. The Morgan fingerprint density at radius 3 is 2.55 bits per heavy atom. The maximum atomic E-state index is 13.1. The molecule has 2 aliphatic rings. The zero-order chi connectivity index (χ0) is 20.4. The van der Waals surface area contributed by atoms with Gasteiger partial charge >= 0.3 is 0 Å². The van der Waals surface area contributed by atoms with Crippen LogP contribution in [0.4, 0.5) is 5.69 Å². The van der Waals surface area contributed by atoms with Crippen molar-refractivity contribution in [3.05, 3.63) is 53.1 Å². The molecule has 1 fully saturated rings. The largest absolute Gasteiger partial charge is 0.493 e. The number of anilines is 1. The van der Waals surface area contributed by atoms with Crippen molar-refractivity contribution in [2.24, 2.45) is 5.92 Å². The predicted molar refractivity (Wildman–Crippen MR) is 110 cm³/mol. The minimum atomic E-state index is -0.199. The van der Waals surface area contributed by atoms with Gasteiger partial charge in [0.25, 0.3) is 5.91 Å². The van der Waals surface area contributed by atoms with E-state index in [2.05, 4.69) is 22.8 Å². The van der Waals surface area contributed by atoms with Gasteiger partial charge in [-0.25, -0.2) is 0 Å². The zero-order valence-corrected chi connectivity index (χ0v) is 16.8. The van der Waals surface area contributed by atoms with Gasteiger partial charge in [-0.2, -0.15) is 0 Å². The molecule has 0 spiro atoms. The van der Waals surface area contributed by atoms with Gasteiger partial charge in [0.1, 0.15) is 0 Å². The Labute approximate surface area is 170 Å². The van der Waals surface area contributed by atoms with Crippen molar-refractivity contribution >= 4 is 17.5 Å². The molecule has 2 N–H and O–H groups in total. The molecule has 1 unspecified atom stereocenters. The van der Waals surface area contributed by atoms with Crippen LogP contribution in [0.1, 0.15) is 53.2 Å². The van der Waals surface area contributed by atoms with Crippen LogP contribution in [0, 0.1) is 5.92 Å². The summed E-state index contributed by atoms with van der Waals surface area (Å²) in [5, 5.41) is 6.04. The number of benzene rings is 2. The maximum absolute atomic E-state index is 13.1. The molecule has 0 heterocycles. The van der Waals surface area contributed by atoms with E-state index in [0.717, 1.165) is 32.1 Å². The average Bonchev–Trinajstić information content (AvgIpc) is 3.59. The van der Waals surface area contributed by atoms with Crippen molar-refractivity contribution in [2.75, 3.05) is 19.5 Å². The van der Waals surface area contributed by atoms with E-state index < -0.39 is 0 Å². The number of hydrogen-bond donors (Lipinski definition) is 2. The van der Waals surface area contributed by atoms with Crippen molar-refractivity contribution < 1.29 is 19.1 Å². The molecule has 2 aliphatic carbocycles. The van der Waals surface area contributed by atoms with E-state index in [4.69, 9.17) is 9.47 Å². The lowest BCUT2D eigenvalue weighted by molar-refractivity contribution is -0.117. The first-order valence-electron chi connectivity index (χ1n) is 10.1. The minimum Gasteiger partial charge on any atom is -0.493 e. The van der Waals surface area contributed by atoms with E-state index in [9.17, 15) is 9.59 Å². The second-order valence-corrected chi connectivity index (χ2v) is 7.64. The first-order valence-corrected chi connectivity index (χ1v) is 10.1. The van der Waals surface area contributed by atoms with E-state index in [1.807, 2.05) is 12.1 Å². The molecule has 0 radical (unpaired) electrons. The van der Waals surface area contributed by atoms with Crippen LogP contribution < -0.4 is 20.1 Å². The Morgan fingerprint density at radius 1 is 1.03 bits per heavy atom. The third-order valence-electron chi connectivity index (χ3n) is 5.62. The normalized spacial score (nSPS) is 17.8. The van der Waals surface area contributed by atoms with Gasteiger partial charge in [-0.3, -0.25) is 9.59 Å². The number of amides is 2. The Hall–Kier alpha value is -3.02. The number of carbonyl (C=O) groups is 2. The van der Waals surface area contributed by atoms with Crippen LogP contribution in [-0.4, -0.2) is 26.0 Å². The van der Waals surface area contributed by atoms with Crippen molar-refractivity contribution in [3.8, 4) is 11.5 Å². The minimum absolute atomic E-state index is 0.0231. The number of nitrogens with one attached hydrogen (secondary N) is 2. The molecule has 152 valence electrons. The molecule has 2 aromatic rings. The van der Waals surface area contributed by atoms with Crippen molar-refractivity contribution in [2.45, 2.75) is 38.1 Å². The van der Waals surface area contributed by atoms with Gasteiger partial charge in [-0.1, -0.05) is 24.3 Å². The number of carbonyl (C=O) groups excluding carboxylic acids is 2. The number of aryl methyl sites for hydroxylation is 1. The molecule has 4 rings (SSSR count). The zero-order valence-electron chi connectivity index (χ0n) is 16.8. The van der Waals surface area contributed by atoms with E-state index in [1.165, 1.54) is 25.3 Å². The van der Waals surface area contributed by atoms with Crippen LogP contribution in [0.25, 0.3) is 0 Å². The molecule has 0 aliphatic heterocycles. The van der Waals surface area contributed by atoms with Crippen LogP contribution in [0.2, 0.25) is 0 Å². The molecule has 0 aromatic heterocycles. The third kappa shape index (κ3) is 4.06. The topological polar surface area (TPSA) is 76.7 Å². The van der Waals surface area contributed by atoms with Gasteiger partial charge in [-0.05, 0) is 55.4 Å². The molecule has 1 saturated carbocycles. The molecular formula is C23H26N2O4. The van der Waals surface area contributed by atoms with Crippen LogP contribution in [0.3, 0.4) is 0 Å². The molecule has 2 aromatic carbocycles. The van der Waals surface area contributed by atoms with E-state index in [-0.39, 0.29) is 23.8 Å². The highest BCUT2D eigenvalue weighted by atomic mass is 16.5. The van der Waals surface area contributed by atoms with Crippen molar-refractivity contribution in [1.29, 1.82) is 0 Å². The van der Waals surface area contributed by atoms with E-state index >= 15 is 0 Å². The van der Waals surface area contributed by atoms with Crippen LogP contribution in [0.5, 0.6) is 11.5 Å². The lowest BCUT2D eigenvalue weighted by Gasteiger charge is -2.26. The second kappa shape index (κ2) is 8.15. The van der Waals surface area contributed by atoms with Crippen LogP contribution in [0.15, 0.2) is 36.4 Å². The van der Waals surface area contributed by atoms with Gasteiger partial charge in [0, 0.05) is 11.5 Å². The quantitative estimate of drug-likeness (QED) is 0.780. The Kier molecular flexibility index (Phi) is 5.43. The summed E-state index contributed by atoms with van der Waals surface area (Å²) in [6.45, 7) is 0. The van der Waals surface area contributed by atoms with E-state index in [1.54, 1.807) is 12.1 Å². The first kappa shape index (κ1) is 19.3. The molecule has 6 heteroatoms. The maximum Gasteiger partial charge on any atom is 0.251 e. The molecule has 0 bridgehead atoms. The van der Waals surface area contributed by atoms with Crippen LogP contribution >= 0.6 is 0 Å².